The van der Waals surface area contributed by atoms with Crippen LogP contribution in [0.5, 0.6) is 0 Å². The summed E-state index contributed by atoms with van der Waals surface area (Å²) in [6, 6.07) is 6.39. The number of aromatic nitrogens is 3. The zero-order valence-corrected chi connectivity index (χ0v) is 58.7. The van der Waals surface area contributed by atoms with E-state index in [2.05, 4.69) is 99.8 Å². The molecule has 0 spiro atoms. The third-order valence-electron chi connectivity index (χ3n) is 22.4. The number of allylic oxidation sites excluding steroid dienone is 1. The standard InChI is InChI=1S/C74H122N8O8/c1-16-17-23-61-79-64-65(82(61)45-72(13,46-83)47-84)56-26-24-52(39-60(56)78-66(64)75)22-19-34-80-35-37-81(38-36-80)63(86)42-70(9,10)88-49-69(7,8)43-76-62(85)41-68(5,6)48-89-71(11,12)44-77-67(87)90-54-30-32-73(14)53(40-54)25-27-55-58-29-28-57(51(4)21-18-20-50(2)3)74(58,15)33-31-59(55)73/h24-26,39,50-51,54-55,57-59,83-84H,16-23,27-38,40-49H2,1-15H3,(H2,75,78)(H,76,85)(H,77,87)/t51?,54-,55?,57?,58?,59-,73-,74+/m0/s1. The van der Waals surface area contributed by atoms with Crippen molar-refractivity contribution in [1.82, 2.24) is 35.0 Å². The molecule has 4 fully saturated rings. The highest BCUT2D eigenvalue weighted by Gasteiger charge is 2.59. The molecular formula is C74H122N8O8. The van der Waals surface area contributed by atoms with Crippen molar-refractivity contribution in [3.63, 3.8) is 0 Å². The molecule has 1 saturated heterocycles. The van der Waals surface area contributed by atoms with Crippen LogP contribution in [0, 0.1) is 62.6 Å². The minimum absolute atomic E-state index is 0.0639. The van der Waals surface area contributed by atoms with Gasteiger partial charge in [0.1, 0.15) is 17.4 Å². The van der Waals surface area contributed by atoms with E-state index in [0.717, 1.165) is 129 Å². The third kappa shape index (κ3) is 17.7. The Balaban J connectivity index is 0.701. The Kier molecular flexibility index (Phi) is 23.5. The number of fused-ring (bicyclic) bond motifs is 8. The number of hydrogen-bond donors (Lipinski definition) is 5. The molecule has 1 aromatic carbocycles. The van der Waals surface area contributed by atoms with E-state index in [0.29, 0.717) is 62.7 Å². The maximum atomic E-state index is 13.7. The lowest BCUT2D eigenvalue weighted by Gasteiger charge is -2.58. The van der Waals surface area contributed by atoms with Gasteiger partial charge in [-0.1, -0.05) is 126 Å². The van der Waals surface area contributed by atoms with Crippen molar-refractivity contribution >= 4 is 45.7 Å². The molecule has 2 aromatic heterocycles. The highest BCUT2D eigenvalue weighted by Crippen LogP contribution is 2.67. The number of unbranched alkanes of at least 4 members (excludes halogenated alkanes) is 1. The van der Waals surface area contributed by atoms with Crippen LogP contribution in [0.15, 0.2) is 29.8 Å². The summed E-state index contributed by atoms with van der Waals surface area (Å²) in [7, 11) is 0. The van der Waals surface area contributed by atoms with E-state index in [1.165, 1.54) is 62.5 Å². The number of nitrogens with zero attached hydrogens (tertiary/aromatic N) is 5. The van der Waals surface area contributed by atoms with Crippen LogP contribution < -0.4 is 16.4 Å². The summed E-state index contributed by atoms with van der Waals surface area (Å²) in [6.07, 6.45) is 20.8. The number of nitrogens with one attached hydrogen (secondary N) is 2. The average molecular weight is 1250 g/mol. The van der Waals surface area contributed by atoms with Crippen LogP contribution >= 0.6 is 0 Å². The summed E-state index contributed by atoms with van der Waals surface area (Å²) in [5, 5.41) is 27.5. The van der Waals surface area contributed by atoms with Crippen molar-refractivity contribution < 1.29 is 38.8 Å². The maximum absolute atomic E-state index is 13.7. The van der Waals surface area contributed by atoms with E-state index >= 15 is 0 Å². The SMILES string of the molecule is CCCCc1nc2c(N)nc3cc(CCCN4CCN(C(=O)CC(C)(C)OCC(C)(C)CNC(=O)CC(C)(C)COC(C)(C)CNC(=O)O[C@H]5CC[C@@]6(C)C(=CCC7C8CCC(C(C)CCCC(C)C)[C@@]8(C)CC[C@@H]76)C5)CC4)ccc3c2n1CC(C)(CO)CO. The molecule has 4 aliphatic carbocycles. The minimum Gasteiger partial charge on any atom is -0.446 e. The van der Waals surface area contributed by atoms with Gasteiger partial charge in [-0.15, -0.1) is 0 Å². The fraction of sp³-hybridized carbons (Fsp3) is 0.797. The molecule has 8 rings (SSSR count). The average Bonchev–Trinajstić information content (AvgIpc) is 1.38. The number of amides is 3. The molecule has 3 heterocycles. The van der Waals surface area contributed by atoms with Crippen molar-refractivity contribution in [2.24, 2.45) is 62.6 Å². The summed E-state index contributed by atoms with van der Waals surface area (Å²) in [5.41, 5.74) is 9.40. The number of imidazole rings is 1. The lowest BCUT2D eigenvalue weighted by Crippen LogP contribution is -2.51. The Hall–Kier alpha value is -4.35. The summed E-state index contributed by atoms with van der Waals surface area (Å²) in [6.45, 7) is 38.0. The van der Waals surface area contributed by atoms with Gasteiger partial charge >= 0.3 is 6.09 Å². The molecule has 3 amide bonds. The van der Waals surface area contributed by atoms with Crippen LogP contribution in [0.4, 0.5) is 10.6 Å². The molecule has 3 saturated carbocycles. The third-order valence-corrected chi connectivity index (χ3v) is 22.4. The lowest BCUT2D eigenvalue weighted by molar-refractivity contribution is -0.141. The summed E-state index contributed by atoms with van der Waals surface area (Å²) in [4.78, 5) is 54.6. The number of ether oxygens (including phenoxy) is 3. The highest BCUT2D eigenvalue weighted by molar-refractivity contribution is 6.06. The van der Waals surface area contributed by atoms with Gasteiger partial charge in [-0.3, -0.25) is 14.5 Å². The number of carbonyl (C=O) groups is 3. The van der Waals surface area contributed by atoms with E-state index in [1.807, 2.05) is 53.4 Å². The molecular weight excluding hydrogens is 1130 g/mol. The number of nitrogen functional groups attached to an aromatic ring is 1. The number of hydrogen-bond acceptors (Lipinski definition) is 12. The molecule has 506 valence electrons. The van der Waals surface area contributed by atoms with E-state index in [4.69, 9.17) is 29.9 Å². The number of alkyl carbamates (subject to hydrolysis) is 1. The fourth-order valence-electron chi connectivity index (χ4n) is 16.6. The predicted molar refractivity (Wildman–Crippen MR) is 363 cm³/mol. The molecule has 3 aromatic rings. The van der Waals surface area contributed by atoms with Crippen LogP contribution in [0.3, 0.4) is 0 Å². The number of pyridine rings is 1. The number of aryl methyl sites for hydroxylation is 2. The molecule has 16 heteroatoms. The monoisotopic (exact) mass is 1250 g/mol. The summed E-state index contributed by atoms with van der Waals surface area (Å²) in [5.74, 6) is 6.10. The zero-order valence-electron chi connectivity index (χ0n) is 58.7. The second-order valence-corrected chi connectivity index (χ2v) is 33.2. The van der Waals surface area contributed by atoms with E-state index < -0.39 is 22.0 Å². The first kappa shape index (κ1) is 71.5. The van der Waals surface area contributed by atoms with Crippen LogP contribution in [0.2, 0.25) is 0 Å². The molecule has 0 bridgehead atoms. The number of anilines is 1. The number of aliphatic hydroxyl groups is 2. The van der Waals surface area contributed by atoms with Gasteiger partial charge in [0.05, 0.1) is 55.1 Å². The number of rotatable bonds is 31. The molecule has 5 aliphatic rings. The van der Waals surface area contributed by atoms with Gasteiger partial charge in [-0.2, -0.15) is 0 Å². The topological polar surface area (TPSA) is 207 Å². The summed E-state index contributed by atoms with van der Waals surface area (Å²) < 4.78 is 21.1. The lowest BCUT2D eigenvalue weighted by atomic mass is 9.47. The van der Waals surface area contributed by atoms with Crippen molar-refractivity contribution in [3.8, 4) is 0 Å². The predicted octanol–water partition coefficient (Wildman–Crippen LogP) is 13.3. The Morgan fingerprint density at radius 1 is 0.789 bits per heavy atom. The van der Waals surface area contributed by atoms with Crippen molar-refractivity contribution in [2.45, 2.75) is 243 Å². The van der Waals surface area contributed by atoms with Gasteiger partial charge in [-0.05, 0) is 162 Å². The van der Waals surface area contributed by atoms with E-state index in [9.17, 15) is 24.6 Å². The number of carbonyl (C=O) groups excluding carboxylic acids is 3. The fourth-order valence-corrected chi connectivity index (χ4v) is 16.6. The van der Waals surface area contributed by atoms with Crippen LogP contribution in [0.25, 0.3) is 21.9 Å². The zero-order chi connectivity index (χ0) is 65.6. The van der Waals surface area contributed by atoms with Gasteiger partial charge < -0.3 is 50.3 Å². The Bertz CT molecular complexity index is 2940. The Morgan fingerprint density at radius 2 is 1.50 bits per heavy atom. The second kappa shape index (κ2) is 29.5. The molecule has 16 nitrogen and oxygen atoms in total. The molecule has 6 N–H and O–H groups in total. The molecule has 90 heavy (non-hydrogen) atoms. The van der Waals surface area contributed by atoms with Gasteiger partial charge in [0.25, 0.3) is 0 Å². The first-order chi connectivity index (χ1) is 42.3. The number of nitrogens with two attached hydrogens (primary N) is 1. The highest BCUT2D eigenvalue weighted by atomic mass is 16.6. The van der Waals surface area contributed by atoms with Crippen LogP contribution in [-0.2, 0) is 43.2 Å². The number of benzene rings is 1. The quantitative estimate of drug-likeness (QED) is 0.0382. The van der Waals surface area contributed by atoms with Crippen LogP contribution in [-0.4, -0.2) is 142 Å². The first-order valence-corrected chi connectivity index (χ1v) is 35.3. The van der Waals surface area contributed by atoms with Gasteiger partial charge in [0.2, 0.25) is 11.8 Å². The number of piperazine rings is 1. The Labute approximate surface area is 542 Å². The maximum Gasteiger partial charge on any atom is 0.407 e. The van der Waals surface area contributed by atoms with Crippen molar-refractivity contribution in [1.29, 1.82) is 0 Å². The van der Waals surface area contributed by atoms with E-state index in [1.54, 1.807) is 0 Å². The normalized spacial score (nSPS) is 24.8. The Morgan fingerprint density at radius 3 is 2.20 bits per heavy atom. The van der Waals surface area contributed by atoms with Gasteiger partial charge in [0, 0.05) is 81.3 Å². The first-order valence-electron chi connectivity index (χ1n) is 35.3. The van der Waals surface area contributed by atoms with Gasteiger partial charge in [-0.25, -0.2) is 14.8 Å². The minimum atomic E-state index is -0.719. The second-order valence-electron chi connectivity index (χ2n) is 33.2. The van der Waals surface area contributed by atoms with Crippen molar-refractivity contribution in [2.75, 3.05) is 78.0 Å². The molecule has 0 radical (unpaired) electrons. The van der Waals surface area contributed by atoms with E-state index in [-0.39, 0.29) is 60.9 Å². The number of aliphatic hydroxyl groups excluding tert-OH is 2. The largest absolute Gasteiger partial charge is 0.446 e. The summed E-state index contributed by atoms with van der Waals surface area (Å²) >= 11 is 0. The van der Waals surface area contributed by atoms with Crippen molar-refractivity contribution in [3.05, 3.63) is 41.2 Å². The van der Waals surface area contributed by atoms with Gasteiger partial charge in [0.15, 0.2) is 5.82 Å². The molecule has 8 atom stereocenters. The van der Waals surface area contributed by atoms with Crippen LogP contribution in [0.1, 0.15) is 218 Å². The molecule has 1 aliphatic heterocycles. The molecule has 4 unspecified atom stereocenters. The smallest absolute Gasteiger partial charge is 0.407 e.